The van der Waals surface area contributed by atoms with Crippen LogP contribution in [-0.4, -0.2) is 52.3 Å². The highest BCUT2D eigenvalue weighted by molar-refractivity contribution is 5.72. The zero-order valence-electron chi connectivity index (χ0n) is 15.3. The van der Waals surface area contributed by atoms with E-state index in [2.05, 4.69) is 10.6 Å². The summed E-state index contributed by atoms with van der Waals surface area (Å²) in [5.41, 5.74) is 0. The Labute approximate surface area is 146 Å². The highest BCUT2D eigenvalue weighted by atomic mass is 16.5. The molecule has 1 unspecified atom stereocenters. The van der Waals surface area contributed by atoms with Crippen molar-refractivity contribution in [3.05, 3.63) is 0 Å². The minimum atomic E-state index is -0.0429. The first kappa shape index (κ1) is 20.9. The second-order valence-corrected chi connectivity index (χ2v) is 6.51. The minimum absolute atomic E-state index is 0.0306. The summed E-state index contributed by atoms with van der Waals surface area (Å²) in [6.07, 6.45) is 8.33. The maximum atomic E-state index is 11.2. The molecular weight excluding hydrogens is 308 g/mol. The zero-order chi connectivity index (χ0) is 17.6. The number of ether oxygens (including phenoxy) is 2. The van der Waals surface area contributed by atoms with Gasteiger partial charge in [-0.1, -0.05) is 6.42 Å². The number of rotatable bonds is 2. The lowest BCUT2D eigenvalue weighted by Crippen LogP contribution is -2.26. The van der Waals surface area contributed by atoms with Gasteiger partial charge >= 0.3 is 11.9 Å². The maximum Gasteiger partial charge on any atom is 0.308 e. The van der Waals surface area contributed by atoms with Crippen LogP contribution in [0.1, 0.15) is 51.4 Å². The Kier molecular flexibility index (Phi) is 11.5. The van der Waals surface area contributed by atoms with E-state index in [1.165, 1.54) is 20.6 Å². The molecule has 2 rings (SSSR count). The van der Waals surface area contributed by atoms with Crippen molar-refractivity contribution in [2.24, 2.45) is 11.8 Å². The van der Waals surface area contributed by atoms with Crippen molar-refractivity contribution in [2.75, 3.05) is 40.4 Å². The summed E-state index contributed by atoms with van der Waals surface area (Å²) in [4.78, 5) is 22.4. The van der Waals surface area contributed by atoms with Gasteiger partial charge in [0.15, 0.2) is 0 Å². The quantitative estimate of drug-likeness (QED) is 0.746. The second-order valence-electron chi connectivity index (χ2n) is 6.51. The normalized spacial score (nSPS) is 23.3. The van der Waals surface area contributed by atoms with Crippen molar-refractivity contribution in [1.29, 1.82) is 0 Å². The molecule has 0 aromatic rings. The van der Waals surface area contributed by atoms with Crippen molar-refractivity contribution in [3.63, 3.8) is 0 Å². The van der Waals surface area contributed by atoms with Gasteiger partial charge in [0.1, 0.15) is 0 Å². The van der Waals surface area contributed by atoms with E-state index in [1.807, 2.05) is 0 Å². The lowest BCUT2D eigenvalue weighted by molar-refractivity contribution is -0.146. The average molecular weight is 342 g/mol. The van der Waals surface area contributed by atoms with Crippen molar-refractivity contribution >= 4 is 11.9 Å². The van der Waals surface area contributed by atoms with Crippen molar-refractivity contribution in [3.8, 4) is 0 Å². The van der Waals surface area contributed by atoms with Gasteiger partial charge in [0, 0.05) is 0 Å². The summed E-state index contributed by atoms with van der Waals surface area (Å²) in [5, 5.41) is 6.60. The summed E-state index contributed by atoms with van der Waals surface area (Å²) in [6, 6.07) is 0. The van der Waals surface area contributed by atoms with E-state index < -0.39 is 0 Å². The van der Waals surface area contributed by atoms with Gasteiger partial charge < -0.3 is 20.1 Å². The Morgan fingerprint density at radius 2 is 1.12 bits per heavy atom. The number of carbonyl (C=O) groups excluding carboxylic acids is 2. The maximum absolute atomic E-state index is 11.2. The Hall–Kier alpha value is -1.14. The van der Waals surface area contributed by atoms with Crippen LogP contribution in [0.5, 0.6) is 0 Å². The average Bonchev–Trinajstić information content (AvgIpc) is 2.53. The molecule has 0 aliphatic carbocycles. The predicted molar refractivity (Wildman–Crippen MR) is 93.7 cm³/mol. The van der Waals surface area contributed by atoms with E-state index >= 15 is 0 Å². The highest BCUT2D eigenvalue weighted by Crippen LogP contribution is 2.16. The first-order valence-electron chi connectivity index (χ1n) is 9.26. The molecule has 2 saturated heterocycles. The molecule has 2 N–H and O–H groups in total. The number of nitrogens with one attached hydrogen (secondary N) is 2. The van der Waals surface area contributed by atoms with Crippen LogP contribution in [0.3, 0.4) is 0 Å². The van der Waals surface area contributed by atoms with Crippen LogP contribution in [0.2, 0.25) is 0 Å². The summed E-state index contributed by atoms with van der Waals surface area (Å²) >= 11 is 0. The van der Waals surface area contributed by atoms with Gasteiger partial charge in [-0.05, 0) is 71.1 Å². The van der Waals surface area contributed by atoms with E-state index in [0.717, 1.165) is 71.1 Å². The molecule has 6 heteroatoms. The predicted octanol–water partition coefficient (Wildman–Crippen LogP) is 1.88. The van der Waals surface area contributed by atoms with Gasteiger partial charge in [0.2, 0.25) is 0 Å². The molecule has 6 nitrogen and oxygen atoms in total. The number of methoxy groups -OCH3 is 2. The molecule has 140 valence electrons. The van der Waals surface area contributed by atoms with E-state index in [9.17, 15) is 9.59 Å². The second kappa shape index (κ2) is 13.2. The number of esters is 2. The van der Waals surface area contributed by atoms with Gasteiger partial charge in [-0.3, -0.25) is 9.59 Å². The standard InChI is InChI=1S/2C9H17NO2/c1-12-9(11)8-4-2-6-10-7-3-5-8;1-12-9(11)8-4-2-3-6-10-7-5-8/h2*8,10H,2-7H2,1H3. The molecule has 0 spiro atoms. The van der Waals surface area contributed by atoms with Crippen LogP contribution in [-0.2, 0) is 19.1 Å². The van der Waals surface area contributed by atoms with E-state index in [4.69, 9.17) is 9.47 Å². The van der Waals surface area contributed by atoms with Crippen LogP contribution in [0.15, 0.2) is 0 Å². The first-order chi connectivity index (χ1) is 11.7. The molecule has 0 aromatic heterocycles. The summed E-state index contributed by atoms with van der Waals surface area (Å²) in [6.45, 7) is 4.11. The molecule has 2 aliphatic rings. The third-order valence-electron chi connectivity index (χ3n) is 4.71. The van der Waals surface area contributed by atoms with Crippen LogP contribution >= 0.6 is 0 Å². The summed E-state index contributed by atoms with van der Waals surface area (Å²) < 4.78 is 9.45. The van der Waals surface area contributed by atoms with Gasteiger partial charge in [0.05, 0.1) is 26.1 Å². The molecule has 2 aliphatic heterocycles. The van der Waals surface area contributed by atoms with E-state index in [0.29, 0.717) is 0 Å². The summed E-state index contributed by atoms with van der Waals surface area (Å²) in [7, 11) is 2.94. The largest absolute Gasteiger partial charge is 0.469 e. The van der Waals surface area contributed by atoms with Gasteiger partial charge in [-0.2, -0.15) is 0 Å². The Morgan fingerprint density at radius 3 is 1.71 bits per heavy atom. The third-order valence-corrected chi connectivity index (χ3v) is 4.71. The number of hydrogen-bond acceptors (Lipinski definition) is 6. The fraction of sp³-hybridized carbons (Fsp3) is 0.889. The van der Waals surface area contributed by atoms with Crippen LogP contribution in [0, 0.1) is 11.8 Å². The van der Waals surface area contributed by atoms with Crippen molar-refractivity contribution in [2.45, 2.75) is 51.4 Å². The Bertz CT molecular complexity index is 313. The Balaban J connectivity index is 0.000000240. The molecule has 0 aromatic carbocycles. The molecule has 0 saturated carbocycles. The van der Waals surface area contributed by atoms with Gasteiger partial charge in [0.25, 0.3) is 0 Å². The molecule has 2 fully saturated rings. The van der Waals surface area contributed by atoms with E-state index in [1.54, 1.807) is 0 Å². The minimum Gasteiger partial charge on any atom is -0.469 e. The fourth-order valence-electron chi connectivity index (χ4n) is 3.21. The fourth-order valence-corrected chi connectivity index (χ4v) is 3.21. The van der Waals surface area contributed by atoms with Crippen LogP contribution in [0.4, 0.5) is 0 Å². The highest BCUT2D eigenvalue weighted by Gasteiger charge is 2.19. The molecule has 0 radical (unpaired) electrons. The molecule has 24 heavy (non-hydrogen) atoms. The van der Waals surface area contributed by atoms with Crippen LogP contribution in [0.25, 0.3) is 0 Å². The topological polar surface area (TPSA) is 76.7 Å². The van der Waals surface area contributed by atoms with Gasteiger partial charge in [-0.25, -0.2) is 0 Å². The van der Waals surface area contributed by atoms with E-state index in [-0.39, 0.29) is 23.8 Å². The lowest BCUT2D eigenvalue weighted by Gasteiger charge is -2.17. The van der Waals surface area contributed by atoms with Crippen LogP contribution < -0.4 is 10.6 Å². The SMILES string of the molecule is COC(=O)C1CCCCNCC1.COC(=O)C1CCCNCCC1. The van der Waals surface area contributed by atoms with Crippen molar-refractivity contribution in [1.82, 2.24) is 10.6 Å². The third kappa shape index (κ3) is 8.64. The Morgan fingerprint density at radius 1 is 0.667 bits per heavy atom. The molecular formula is C18H34N2O4. The van der Waals surface area contributed by atoms with Crippen molar-refractivity contribution < 1.29 is 19.1 Å². The first-order valence-corrected chi connectivity index (χ1v) is 9.26. The number of carbonyl (C=O) groups is 2. The summed E-state index contributed by atoms with van der Waals surface area (Å²) in [5.74, 6) is 0.204. The zero-order valence-corrected chi connectivity index (χ0v) is 15.3. The van der Waals surface area contributed by atoms with Gasteiger partial charge in [-0.15, -0.1) is 0 Å². The molecule has 0 amide bonds. The molecule has 2 heterocycles. The number of hydrogen-bond donors (Lipinski definition) is 2. The smallest absolute Gasteiger partial charge is 0.308 e. The lowest BCUT2D eigenvalue weighted by atomic mass is 9.96. The monoisotopic (exact) mass is 342 g/mol. The molecule has 1 atom stereocenters. The molecule has 0 bridgehead atoms.